The van der Waals surface area contributed by atoms with Crippen LogP contribution in [0.15, 0.2) is 35.9 Å². The fourth-order valence-electron chi connectivity index (χ4n) is 2.28. The van der Waals surface area contributed by atoms with E-state index >= 15 is 0 Å². The number of aliphatic carboxylic acids is 1. The SMILES string of the molecule is COC(C)(C)OC1=CC(c2cnc(C(=O)N(C)C)cn2)C(=O)C(C(=O)O)=C1. The molecule has 0 bridgehead atoms. The molecule has 0 saturated heterocycles. The van der Waals surface area contributed by atoms with E-state index in [1.165, 1.54) is 30.5 Å². The van der Waals surface area contributed by atoms with E-state index in [-0.39, 0.29) is 23.1 Å². The van der Waals surface area contributed by atoms with Crippen LogP contribution in [-0.2, 0) is 19.1 Å². The third-order valence-corrected chi connectivity index (χ3v) is 3.87. The van der Waals surface area contributed by atoms with Crippen LogP contribution in [0.25, 0.3) is 0 Å². The summed E-state index contributed by atoms with van der Waals surface area (Å²) in [4.78, 5) is 45.4. The van der Waals surface area contributed by atoms with E-state index in [1.54, 1.807) is 27.9 Å². The second kappa shape index (κ2) is 7.67. The smallest absolute Gasteiger partial charge is 0.339 e. The molecule has 0 saturated carbocycles. The highest BCUT2D eigenvalue weighted by Gasteiger charge is 2.33. The highest BCUT2D eigenvalue weighted by atomic mass is 16.7. The van der Waals surface area contributed by atoms with Crippen LogP contribution in [0, 0.1) is 0 Å². The first-order chi connectivity index (χ1) is 12.6. The lowest BCUT2D eigenvalue weighted by Gasteiger charge is -2.27. The molecule has 0 radical (unpaired) electrons. The number of allylic oxidation sites excluding steroid dienone is 2. The number of methoxy groups -OCH3 is 1. The number of rotatable bonds is 6. The van der Waals surface area contributed by atoms with E-state index in [0.717, 1.165) is 6.08 Å². The highest BCUT2D eigenvalue weighted by molar-refractivity contribution is 6.20. The Morgan fingerprint density at radius 1 is 1.22 bits per heavy atom. The third kappa shape index (κ3) is 4.56. The highest BCUT2D eigenvalue weighted by Crippen LogP contribution is 2.30. The van der Waals surface area contributed by atoms with E-state index in [1.807, 2.05) is 0 Å². The molecule has 0 aliphatic heterocycles. The summed E-state index contributed by atoms with van der Waals surface area (Å²) in [7, 11) is 4.60. The van der Waals surface area contributed by atoms with Crippen LogP contribution >= 0.6 is 0 Å². The minimum absolute atomic E-state index is 0.113. The lowest BCUT2D eigenvalue weighted by molar-refractivity contribution is -0.169. The maximum absolute atomic E-state index is 12.6. The number of amides is 1. The number of carbonyl (C=O) groups is 3. The van der Waals surface area contributed by atoms with Crippen molar-refractivity contribution in [1.29, 1.82) is 0 Å². The monoisotopic (exact) mass is 375 g/mol. The maximum atomic E-state index is 12.6. The van der Waals surface area contributed by atoms with Crippen LogP contribution in [0.3, 0.4) is 0 Å². The quantitative estimate of drug-likeness (QED) is 0.581. The predicted molar refractivity (Wildman–Crippen MR) is 93.8 cm³/mol. The number of carbonyl (C=O) groups excluding carboxylic acids is 2. The number of Topliss-reactive ketones (excluding diaryl/α,β-unsaturated/α-hetero) is 1. The van der Waals surface area contributed by atoms with Gasteiger partial charge in [-0.2, -0.15) is 0 Å². The summed E-state index contributed by atoms with van der Waals surface area (Å²) >= 11 is 0. The molecule has 1 amide bonds. The van der Waals surface area contributed by atoms with Gasteiger partial charge in [-0.05, 0) is 12.2 Å². The van der Waals surface area contributed by atoms with Crippen molar-refractivity contribution in [2.75, 3.05) is 21.2 Å². The Labute approximate surface area is 156 Å². The van der Waals surface area contributed by atoms with Gasteiger partial charge in [-0.3, -0.25) is 14.6 Å². The Balaban J connectivity index is 2.40. The number of carboxylic acids is 1. The molecular weight excluding hydrogens is 354 g/mol. The Morgan fingerprint density at radius 3 is 2.37 bits per heavy atom. The number of carboxylic acid groups (broad SMARTS) is 1. The van der Waals surface area contributed by atoms with Gasteiger partial charge in [0.05, 0.1) is 24.0 Å². The molecule has 1 aromatic heterocycles. The Kier molecular flexibility index (Phi) is 5.75. The standard InChI is InChI=1S/C18H21N3O6/c1-18(2,26-5)27-10-6-11(15(22)12(7-10)17(24)25)13-8-20-14(9-19-13)16(23)21(3)4/h6-9,11H,1-5H3,(H,24,25). The van der Waals surface area contributed by atoms with Gasteiger partial charge in [0.2, 0.25) is 5.79 Å². The second-order valence-corrected chi connectivity index (χ2v) is 6.51. The molecule has 0 spiro atoms. The van der Waals surface area contributed by atoms with Gasteiger partial charge in [-0.25, -0.2) is 9.78 Å². The van der Waals surface area contributed by atoms with Gasteiger partial charge in [0, 0.05) is 35.1 Å². The van der Waals surface area contributed by atoms with E-state index in [4.69, 9.17) is 9.47 Å². The minimum Gasteiger partial charge on any atom is -0.478 e. The van der Waals surface area contributed by atoms with E-state index in [2.05, 4.69) is 9.97 Å². The van der Waals surface area contributed by atoms with E-state index in [9.17, 15) is 19.5 Å². The first kappa shape index (κ1) is 20.2. The van der Waals surface area contributed by atoms with Crippen molar-refractivity contribution in [3.05, 3.63) is 47.3 Å². The zero-order valence-corrected chi connectivity index (χ0v) is 15.7. The molecule has 1 atom stereocenters. The molecule has 1 unspecified atom stereocenters. The molecule has 1 aliphatic rings. The second-order valence-electron chi connectivity index (χ2n) is 6.51. The number of hydrogen-bond acceptors (Lipinski definition) is 7. The van der Waals surface area contributed by atoms with Crippen molar-refractivity contribution in [1.82, 2.24) is 14.9 Å². The molecule has 2 rings (SSSR count). The summed E-state index contributed by atoms with van der Waals surface area (Å²) in [5, 5.41) is 9.34. The number of nitrogens with zero attached hydrogens (tertiary/aromatic N) is 3. The third-order valence-electron chi connectivity index (χ3n) is 3.87. The van der Waals surface area contributed by atoms with E-state index < -0.39 is 29.0 Å². The Morgan fingerprint density at radius 2 is 1.89 bits per heavy atom. The van der Waals surface area contributed by atoms with Gasteiger partial charge >= 0.3 is 5.97 Å². The van der Waals surface area contributed by atoms with Crippen molar-refractivity contribution in [3.8, 4) is 0 Å². The van der Waals surface area contributed by atoms with Crippen LogP contribution in [0.5, 0.6) is 0 Å². The molecular formula is C18H21N3O6. The molecule has 1 aliphatic carbocycles. The molecule has 1 aromatic rings. The summed E-state index contributed by atoms with van der Waals surface area (Å²) in [5.41, 5.74) is -0.111. The summed E-state index contributed by atoms with van der Waals surface area (Å²) in [5.74, 6) is -4.21. The largest absolute Gasteiger partial charge is 0.478 e. The first-order valence-electron chi connectivity index (χ1n) is 8.04. The van der Waals surface area contributed by atoms with Crippen molar-refractivity contribution >= 4 is 17.7 Å². The van der Waals surface area contributed by atoms with Gasteiger partial charge in [0.1, 0.15) is 17.0 Å². The normalized spacial score (nSPS) is 17.1. The summed E-state index contributed by atoms with van der Waals surface area (Å²) in [6.45, 7) is 3.30. The van der Waals surface area contributed by atoms with Crippen LogP contribution in [0.1, 0.15) is 35.9 Å². The van der Waals surface area contributed by atoms with Gasteiger partial charge in [0.15, 0.2) is 5.78 Å². The minimum atomic E-state index is -1.37. The van der Waals surface area contributed by atoms with Crippen LogP contribution < -0.4 is 0 Å². The summed E-state index contributed by atoms with van der Waals surface area (Å²) in [6, 6.07) is 0. The fourth-order valence-corrected chi connectivity index (χ4v) is 2.28. The molecule has 0 aromatic carbocycles. The molecule has 1 heterocycles. The van der Waals surface area contributed by atoms with Gasteiger partial charge < -0.3 is 19.5 Å². The average Bonchev–Trinajstić information content (AvgIpc) is 2.62. The first-order valence-corrected chi connectivity index (χ1v) is 8.04. The summed E-state index contributed by atoms with van der Waals surface area (Å²) < 4.78 is 10.8. The lowest BCUT2D eigenvalue weighted by Crippen LogP contribution is -2.29. The number of ketones is 1. The molecule has 27 heavy (non-hydrogen) atoms. The van der Waals surface area contributed by atoms with Crippen molar-refractivity contribution in [2.45, 2.75) is 25.6 Å². The number of hydrogen-bond donors (Lipinski definition) is 1. The Bertz CT molecular complexity index is 824. The molecule has 144 valence electrons. The number of aromatic nitrogens is 2. The van der Waals surface area contributed by atoms with Gasteiger partial charge in [-0.15, -0.1) is 0 Å². The molecule has 9 nitrogen and oxygen atoms in total. The molecule has 1 N–H and O–H groups in total. The maximum Gasteiger partial charge on any atom is 0.339 e. The van der Waals surface area contributed by atoms with Crippen molar-refractivity contribution < 1.29 is 29.0 Å². The Hall–Kier alpha value is -3.07. The summed E-state index contributed by atoms with van der Waals surface area (Å²) in [6.07, 6.45) is 5.13. The van der Waals surface area contributed by atoms with Crippen LogP contribution in [-0.4, -0.2) is 64.6 Å². The fraction of sp³-hybridized carbons (Fsp3) is 0.389. The van der Waals surface area contributed by atoms with Crippen molar-refractivity contribution in [3.63, 3.8) is 0 Å². The number of ether oxygens (including phenoxy) is 2. The molecule has 0 fully saturated rings. The predicted octanol–water partition coefficient (Wildman–Crippen LogP) is 1.14. The zero-order valence-electron chi connectivity index (χ0n) is 15.7. The van der Waals surface area contributed by atoms with Gasteiger partial charge in [-0.1, -0.05) is 0 Å². The average molecular weight is 375 g/mol. The van der Waals surface area contributed by atoms with Gasteiger partial charge in [0.25, 0.3) is 5.91 Å². The van der Waals surface area contributed by atoms with Crippen molar-refractivity contribution in [2.24, 2.45) is 0 Å². The zero-order chi connectivity index (χ0) is 20.4. The molecule has 9 heteroatoms. The topological polar surface area (TPSA) is 119 Å². The van der Waals surface area contributed by atoms with Crippen LogP contribution in [0.4, 0.5) is 0 Å². The van der Waals surface area contributed by atoms with E-state index in [0.29, 0.717) is 0 Å². The lowest BCUT2D eigenvalue weighted by atomic mass is 9.89. The van der Waals surface area contributed by atoms with Crippen LogP contribution in [0.2, 0.25) is 0 Å².